The fraction of sp³-hybridized carbons (Fsp3) is 0.571. The molecule has 206 valence electrons. The second kappa shape index (κ2) is 14.4. The Hall–Kier alpha value is -3.58. The molecular weight excluding hydrogens is 494 g/mol. The predicted octanol–water partition coefficient (Wildman–Crippen LogP) is 3.87. The van der Waals surface area contributed by atoms with Crippen molar-refractivity contribution in [1.82, 2.24) is 0 Å². The molecular formula is C28H35NO9. The normalized spacial score (nSPS) is 20.9. The molecule has 1 N–H and O–H groups in total. The number of ether oxygens (including phenoxy) is 3. The summed E-state index contributed by atoms with van der Waals surface area (Å²) in [5.41, 5.74) is 2.21. The number of aryl methyl sites for hydroxylation is 1. The zero-order valence-electron chi connectivity index (χ0n) is 21.8. The summed E-state index contributed by atoms with van der Waals surface area (Å²) < 4.78 is 16.0. The van der Waals surface area contributed by atoms with E-state index in [0.29, 0.717) is 25.2 Å². The molecule has 5 atom stereocenters. The third kappa shape index (κ3) is 8.21. The van der Waals surface area contributed by atoms with Gasteiger partial charge in [-0.3, -0.25) is 9.59 Å². The van der Waals surface area contributed by atoms with Crippen LogP contribution in [-0.2, 0) is 30.3 Å². The van der Waals surface area contributed by atoms with Crippen molar-refractivity contribution in [3.05, 3.63) is 51.6 Å². The van der Waals surface area contributed by atoms with Crippen molar-refractivity contribution in [3.8, 4) is 17.6 Å². The number of aliphatic hydroxyl groups is 1. The molecule has 3 rings (SSSR count). The molecule has 1 heterocycles. The smallest absolute Gasteiger partial charge is 0.310 e. The number of allylic oxidation sites excluding steroid dienone is 1. The maximum atomic E-state index is 12.0. The number of esters is 2. The first-order chi connectivity index (χ1) is 18.3. The Balaban J connectivity index is 1.46. The highest BCUT2D eigenvalue weighted by molar-refractivity contribution is 5.71. The van der Waals surface area contributed by atoms with Crippen molar-refractivity contribution in [1.29, 1.82) is 0 Å². The minimum absolute atomic E-state index is 0.0729. The lowest BCUT2D eigenvalue weighted by Gasteiger charge is -2.17. The third-order valence-corrected chi connectivity index (χ3v) is 6.91. The maximum absolute atomic E-state index is 12.0. The van der Waals surface area contributed by atoms with Crippen LogP contribution in [0.4, 0.5) is 0 Å². The van der Waals surface area contributed by atoms with Gasteiger partial charge in [-0.2, -0.15) is 0 Å². The number of carbonyl (C=O) groups is 2. The quantitative estimate of drug-likeness (QED) is 0.0951. The van der Waals surface area contributed by atoms with Crippen LogP contribution in [0, 0.1) is 33.8 Å². The molecule has 38 heavy (non-hydrogen) atoms. The number of rotatable bonds is 14. The van der Waals surface area contributed by atoms with Crippen LogP contribution < -0.4 is 4.74 Å². The number of hydrogen-bond acceptors (Lipinski definition) is 9. The number of carbonyl (C=O) groups excluding carboxylic acids is 2. The highest BCUT2D eigenvalue weighted by Crippen LogP contribution is 2.52. The summed E-state index contributed by atoms with van der Waals surface area (Å²) in [5.74, 6) is 6.14. The molecule has 1 saturated carbocycles. The standard InChI is InChI=1S/C28H35NO9/c1-3-4-7-19(2)23(30)14-12-20-13-15-24-27(20)22-10-5-8-21(28(22)38-24)9-6-11-25(31)35-18-36-26(32)16-17-37-29(33)34/h5,8,10,12,14,19-20,23-24,27,30H,6-7,9,11,13,15-18H2,1-2H3/b14-12+. The third-order valence-electron chi connectivity index (χ3n) is 6.91. The Kier molecular flexibility index (Phi) is 11.0. The van der Waals surface area contributed by atoms with E-state index in [2.05, 4.69) is 28.8 Å². The van der Waals surface area contributed by atoms with Gasteiger partial charge in [-0.05, 0) is 50.0 Å². The van der Waals surface area contributed by atoms with Crippen LogP contribution in [0.5, 0.6) is 5.75 Å². The topological polar surface area (TPSA) is 134 Å². The molecule has 1 aliphatic heterocycles. The van der Waals surface area contributed by atoms with Gasteiger partial charge < -0.3 is 24.2 Å². The molecule has 5 unspecified atom stereocenters. The summed E-state index contributed by atoms with van der Waals surface area (Å²) in [5, 5.41) is 19.5. The van der Waals surface area contributed by atoms with E-state index in [4.69, 9.17) is 14.2 Å². The summed E-state index contributed by atoms with van der Waals surface area (Å²) in [7, 11) is 0. The average molecular weight is 530 g/mol. The van der Waals surface area contributed by atoms with E-state index in [9.17, 15) is 24.8 Å². The van der Waals surface area contributed by atoms with Crippen LogP contribution in [0.1, 0.15) is 69.4 Å². The van der Waals surface area contributed by atoms with Crippen molar-refractivity contribution in [2.75, 3.05) is 13.4 Å². The fourth-order valence-corrected chi connectivity index (χ4v) is 4.89. The summed E-state index contributed by atoms with van der Waals surface area (Å²) in [6.07, 6.45) is 7.21. The Labute approximate surface area is 222 Å². The van der Waals surface area contributed by atoms with Gasteiger partial charge in [0.05, 0.1) is 12.5 Å². The van der Waals surface area contributed by atoms with Crippen LogP contribution in [-0.4, -0.2) is 47.7 Å². The van der Waals surface area contributed by atoms with Gasteiger partial charge in [0.25, 0.3) is 5.09 Å². The number of aliphatic hydroxyl groups excluding tert-OH is 1. The highest BCUT2D eigenvalue weighted by atomic mass is 16.9. The van der Waals surface area contributed by atoms with Gasteiger partial charge in [0.2, 0.25) is 6.79 Å². The molecule has 0 spiro atoms. The van der Waals surface area contributed by atoms with E-state index in [1.165, 1.54) is 5.56 Å². The number of hydrogen-bond donors (Lipinski definition) is 1. The van der Waals surface area contributed by atoms with E-state index in [0.717, 1.165) is 24.2 Å². The molecule has 0 amide bonds. The summed E-state index contributed by atoms with van der Waals surface area (Å²) in [4.78, 5) is 37.5. The largest absolute Gasteiger partial charge is 0.489 e. The van der Waals surface area contributed by atoms with Gasteiger partial charge >= 0.3 is 11.9 Å². The van der Waals surface area contributed by atoms with E-state index in [1.807, 2.05) is 25.1 Å². The molecule has 0 saturated heterocycles. The van der Waals surface area contributed by atoms with Crippen molar-refractivity contribution in [2.24, 2.45) is 11.8 Å². The van der Waals surface area contributed by atoms with Gasteiger partial charge in [0.1, 0.15) is 18.5 Å². The van der Waals surface area contributed by atoms with Gasteiger partial charge in [0.15, 0.2) is 0 Å². The molecule has 0 bridgehead atoms. The highest BCUT2D eigenvalue weighted by Gasteiger charge is 2.44. The second-order valence-electron chi connectivity index (χ2n) is 9.55. The Morgan fingerprint density at radius 1 is 1.26 bits per heavy atom. The Morgan fingerprint density at radius 2 is 2.03 bits per heavy atom. The zero-order chi connectivity index (χ0) is 27.5. The monoisotopic (exact) mass is 529 g/mol. The molecule has 1 fully saturated rings. The molecule has 0 aromatic heterocycles. The van der Waals surface area contributed by atoms with Gasteiger partial charge in [-0.1, -0.05) is 37.3 Å². The number of benzene rings is 1. The van der Waals surface area contributed by atoms with Crippen molar-refractivity contribution in [3.63, 3.8) is 0 Å². The first-order valence-corrected chi connectivity index (χ1v) is 12.9. The van der Waals surface area contributed by atoms with E-state index < -0.39 is 36.5 Å². The summed E-state index contributed by atoms with van der Waals surface area (Å²) >= 11 is 0. The average Bonchev–Trinajstić information content (AvgIpc) is 3.45. The molecule has 1 aromatic carbocycles. The van der Waals surface area contributed by atoms with Gasteiger partial charge in [-0.25, -0.2) is 0 Å². The minimum atomic E-state index is -0.999. The van der Waals surface area contributed by atoms with Gasteiger partial charge in [-0.15, -0.1) is 22.0 Å². The van der Waals surface area contributed by atoms with E-state index >= 15 is 0 Å². The molecule has 1 aromatic rings. The van der Waals surface area contributed by atoms with E-state index in [-0.39, 0.29) is 30.8 Å². The second-order valence-corrected chi connectivity index (χ2v) is 9.55. The predicted molar refractivity (Wildman–Crippen MR) is 136 cm³/mol. The minimum Gasteiger partial charge on any atom is -0.489 e. The number of para-hydroxylation sites is 1. The Morgan fingerprint density at radius 3 is 2.76 bits per heavy atom. The molecule has 2 aliphatic rings. The van der Waals surface area contributed by atoms with Crippen LogP contribution >= 0.6 is 0 Å². The lowest BCUT2D eigenvalue weighted by atomic mass is 9.86. The van der Waals surface area contributed by atoms with Gasteiger partial charge in [0, 0.05) is 24.3 Å². The molecule has 10 nitrogen and oxygen atoms in total. The fourth-order valence-electron chi connectivity index (χ4n) is 4.89. The SMILES string of the molecule is CC#CCC(C)C(O)/C=C/C1CCC2Oc3c(CCCC(=O)OCOC(=O)CCO[N+](=O)[O-])cccc3C12. The molecule has 1 aliphatic carbocycles. The Bertz CT molecular complexity index is 1070. The number of nitrogens with zero attached hydrogens (tertiary/aromatic N) is 1. The van der Waals surface area contributed by atoms with Crippen LogP contribution in [0.3, 0.4) is 0 Å². The van der Waals surface area contributed by atoms with Crippen molar-refractivity contribution < 1.29 is 38.8 Å². The van der Waals surface area contributed by atoms with E-state index in [1.54, 1.807) is 6.92 Å². The first-order valence-electron chi connectivity index (χ1n) is 12.9. The molecule has 10 heteroatoms. The summed E-state index contributed by atoms with van der Waals surface area (Å²) in [6, 6.07) is 6.12. The van der Waals surface area contributed by atoms with Crippen molar-refractivity contribution in [2.45, 2.75) is 76.9 Å². The summed E-state index contributed by atoms with van der Waals surface area (Å²) in [6.45, 7) is 2.84. The lowest BCUT2D eigenvalue weighted by molar-refractivity contribution is -0.757. The van der Waals surface area contributed by atoms with Crippen LogP contribution in [0.2, 0.25) is 0 Å². The lowest BCUT2D eigenvalue weighted by Crippen LogP contribution is -2.17. The number of fused-ring (bicyclic) bond motifs is 3. The molecule has 0 radical (unpaired) electrons. The first kappa shape index (κ1) is 29.0. The van der Waals surface area contributed by atoms with Crippen molar-refractivity contribution >= 4 is 11.9 Å². The van der Waals surface area contributed by atoms with Crippen LogP contribution in [0.15, 0.2) is 30.4 Å². The zero-order valence-corrected chi connectivity index (χ0v) is 21.8. The maximum Gasteiger partial charge on any atom is 0.310 e. The van der Waals surface area contributed by atoms with Crippen LogP contribution in [0.25, 0.3) is 0 Å².